The molecule has 0 aliphatic heterocycles. The summed E-state index contributed by atoms with van der Waals surface area (Å²) in [5.74, 6) is -0.302. The third kappa shape index (κ3) is 4.50. The molecule has 2 amide bonds. The monoisotopic (exact) mass is 438 g/mol. The van der Waals surface area contributed by atoms with E-state index < -0.39 is 0 Å². The van der Waals surface area contributed by atoms with Gasteiger partial charge in [-0.05, 0) is 31.5 Å². The van der Waals surface area contributed by atoms with Gasteiger partial charge in [-0.3, -0.25) is 20.0 Å². The molecule has 0 saturated heterocycles. The van der Waals surface area contributed by atoms with E-state index in [4.69, 9.17) is 0 Å². The molecular weight excluding hydrogens is 420 g/mol. The highest BCUT2D eigenvalue weighted by atomic mass is 32.2. The van der Waals surface area contributed by atoms with Crippen molar-refractivity contribution in [1.29, 1.82) is 0 Å². The lowest BCUT2D eigenvalue weighted by Gasteiger charge is -2.08. The second kappa shape index (κ2) is 8.64. The quantitative estimate of drug-likeness (QED) is 0.310. The molecule has 0 aliphatic rings. The van der Waals surface area contributed by atoms with E-state index in [1.165, 1.54) is 23.1 Å². The van der Waals surface area contributed by atoms with E-state index in [2.05, 4.69) is 31.0 Å². The van der Waals surface area contributed by atoms with Gasteiger partial charge in [-0.25, -0.2) is 0 Å². The number of hydrogen-bond acceptors (Lipinski definition) is 7. The van der Waals surface area contributed by atoms with Gasteiger partial charge in [0.1, 0.15) is 0 Å². The van der Waals surface area contributed by atoms with Crippen molar-refractivity contribution in [2.75, 3.05) is 16.4 Å². The molecule has 0 unspecified atom stereocenters. The second-order valence-electron chi connectivity index (χ2n) is 6.60. The summed E-state index contributed by atoms with van der Waals surface area (Å²) in [4.78, 5) is 24.7. The fourth-order valence-corrected chi connectivity index (χ4v) is 4.43. The molecule has 4 aromatic rings. The Hall–Kier alpha value is -3.24. The Morgan fingerprint density at radius 3 is 2.77 bits per heavy atom. The lowest BCUT2D eigenvalue weighted by molar-refractivity contribution is -0.113. The zero-order chi connectivity index (χ0) is 21.1. The summed E-state index contributed by atoms with van der Waals surface area (Å²) in [6.45, 7) is 3.97. The van der Waals surface area contributed by atoms with E-state index in [0.29, 0.717) is 15.2 Å². The minimum Gasteiger partial charge on any atom is -0.325 e. The first kappa shape index (κ1) is 20.0. The number of rotatable bonds is 6. The smallest absolute Gasteiger partial charge is 0.278 e. The number of nitrogens with one attached hydrogen (secondary N) is 3. The fraction of sp³-hybridized carbons (Fsp3) is 0.150. The van der Waals surface area contributed by atoms with E-state index in [1.807, 2.05) is 56.3 Å². The minimum absolute atomic E-state index is 0.129. The van der Waals surface area contributed by atoms with Crippen LogP contribution in [0.3, 0.4) is 0 Å². The number of anilines is 2. The van der Waals surface area contributed by atoms with Gasteiger partial charge in [0.15, 0.2) is 10.0 Å². The van der Waals surface area contributed by atoms with Crippen molar-refractivity contribution in [3.63, 3.8) is 0 Å². The summed E-state index contributed by atoms with van der Waals surface area (Å²) in [6.07, 6.45) is 0. The van der Waals surface area contributed by atoms with Crippen molar-refractivity contribution >= 4 is 56.6 Å². The molecular formula is C20H18N6O2S2. The lowest BCUT2D eigenvalue weighted by Crippen LogP contribution is -2.14. The number of H-pyrrole nitrogens is 1. The third-order valence-corrected chi connectivity index (χ3v) is 6.27. The Labute approximate surface area is 180 Å². The predicted octanol–water partition coefficient (Wildman–Crippen LogP) is 4.01. The average Bonchev–Trinajstić information content (AvgIpc) is 3.35. The molecule has 8 nitrogen and oxygen atoms in total. The van der Waals surface area contributed by atoms with Gasteiger partial charge in [0, 0.05) is 11.1 Å². The number of aromatic amines is 1. The van der Waals surface area contributed by atoms with Crippen LogP contribution in [0.2, 0.25) is 0 Å². The number of fused-ring (bicyclic) bond motifs is 1. The topological polar surface area (TPSA) is 113 Å². The third-order valence-electron chi connectivity index (χ3n) is 4.30. The Balaban J connectivity index is 1.34. The van der Waals surface area contributed by atoms with Crippen LogP contribution in [0, 0.1) is 13.8 Å². The SMILES string of the molecule is Cc1ccc(NC(=O)CSc2nnc(NC(=O)c3n[nH]c4ccccc34)s2)c(C)c1. The first-order valence-corrected chi connectivity index (χ1v) is 10.9. The second-order valence-corrected chi connectivity index (χ2v) is 8.80. The van der Waals surface area contributed by atoms with Crippen LogP contribution < -0.4 is 10.6 Å². The number of para-hydroxylation sites is 1. The maximum absolute atomic E-state index is 12.5. The van der Waals surface area contributed by atoms with Gasteiger partial charge in [-0.15, -0.1) is 10.2 Å². The zero-order valence-corrected chi connectivity index (χ0v) is 17.9. The molecule has 0 radical (unpaired) electrons. The molecule has 0 fully saturated rings. The van der Waals surface area contributed by atoms with E-state index in [-0.39, 0.29) is 17.6 Å². The minimum atomic E-state index is -0.368. The first-order chi connectivity index (χ1) is 14.5. The van der Waals surface area contributed by atoms with Crippen LogP contribution in [0.25, 0.3) is 10.9 Å². The number of nitrogens with zero attached hydrogens (tertiary/aromatic N) is 3. The fourth-order valence-electron chi connectivity index (χ4n) is 2.88. The molecule has 2 heterocycles. The summed E-state index contributed by atoms with van der Waals surface area (Å²) in [6, 6.07) is 13.3. The number of aryl methyl sites for hydroxylation is 2. The highest BCUT2D eigenvalue weighted by molar-refractivity contribution is 8.01. The molecule has 2 aromatic carbocycles. The maximum atomic E-state index is 12.5. The number of carbonyl (C=O) groups excluding carboxylic acids is 2. The van der Waals surface area contributed by atoms with Crippen molar-refractivity contribution in [2.45, 2.75) is 18.2 Å². The van der Waals surface area contributed by atoms with Crippen molar-refractivity contribution in [1.82, 2.24) is 20.4 Å². The predicted molar refractivity (Wildman–Crippen MR) is 119 cm³/mol. The summed E-state index contributed by atoms with van der Waals surface area (Å²) in [7, 11) is 0. The summed E-state index contributed by atoms with van der Waals surface area (Å²) in [5.41, 5.74) is 4.03. The van der Waals surface area contributed by atoms with E-state index in [9.17, 15) is 9.59 Å². The molecule has 2 aromatic heterocycles. The lowest BCUT2D eigenvalue weighted by atomic mass is 10.1. The van der Waals surface area contributed by atoms with Crippen molar-refractivity contribution in [3.8, 4) is 0 Å². The zero-order valence-electron chi connectivity index (χ0n) is 16.2. The highest BCUT2D eigenvalue weighted by Gasteiger charge is 2.16. The Kier molecular flexibility index (Phi) is 5.77. The molecule has 0 bridgehead atoms. The van der Waals surface area contributed by atoms with Gasteiger partial charge < -0.3 is 5.32 Å². The van der Waals surface area contributed by atoms with Crippen molar-refractivity contribution in [2.24, 2.45) is 0 Å². The number of benzene rings is 2. The van der Waals surface area contributed by atoms with Gasteiger partial charge in [0.2, 0.25) is 11.0 Å². The van der Waals surface area contributed by atoms with Crippen LogP contribution in [0.15, 0.2) is 46.8 Å². The van der Waals surface area contributed by atoms with E-state index in [0.717, 1.165) is 27.7 Å². The molecule has 0 saturated carbocycles. The van der Waals surface area contributed by atoms with E-state index >= 15 is 0 Å². The Morgan fingerprint density at radius 1 is 1.10 bits per heavy atom. The summed E-state index contributed by atoms with van der Waals surface area (Å²) >= 11 is 2.47. The highest BCUT2D eigenvalue weighted by Crippen LogP contribution is 2.26. The summed E-state index contributed by atoms with van der Waals surface area (Å²) in [5, 5.41) is 21.6. The number of thioether (sulfide) groups is 1. The molecule has 10 heteroatoms. The van der Waals surface area contributed by atoms with Gasteiger partial charge in [-0.1, -0.05) is 59.0 Å². The van der Waals surface area contributed by atoms with Crippen LogP contribution in [-0.4, -0.2) is 38.0 Å². The van der Waals surface area contributed by atoms with Crippen LogP contribution >= 0.6 is 23.1 Å². The number of amides is 2. The van der Waals surface area contributed by atoms with Crippen LogP contribution in [-0.2, 0) is 4.79 Å². The standard InChI is InChI=1S/C20H18N6O2S2/c1-11-7-8-14(12(2)9-11)21-16(27)10-29-20-26-25-19(30-20)22-18(28)17-13-5-3-4-6-15(13)23-24-17/h3-9H,10H2,1-2H3,(H,21,27)(H,23,24)(H,22,25,28). The largest absolute Gasteiger partial charge is 0.325 e. The molecule has 4 rings (SSSR count). The van der Waals surface area contributed by atoms with E-state index in [1.54, 1.807) is 0 Å². The molecule has 30 heavy (non-hydrogen) atoms. The molecule has 0 spiro atoms. The molecule has 0 aliphatic carbocycles. The Morgan fingerprint density at radius 2 is 1.93 bits per heavy atom. The van der Waals surface area contributed by atoms with Gasteiger partial charge in [0.25, 0.3) is 5.91 Å². The molecule has 152 valence electrons. The van der Waals surface area contributed by atoms with Crippen molar-refractivity contribution in [3.05, 3.63) is 59.3 Å². The number of aromatic nitrogens is 4. The van der Waals surface area contributed by atoms with Gasteiger partial charge >= 0.3 is 0 Å². The molecule has 0 atom stereocenters. The maximum Gasteiger partial charge on any atom is 0.278 e. The molecule has 3 N–H and O–H groups in total. The first-order valence-electron chi connectivity index (χ1n) is 9.07. The normalized spacial score (nSPS) is 10.9. The van der Waals surface area contributed by atoms with Crippen molar-refractivity contribution < 1.29 is 9.59 Å². The number of carbonyl (C=O) groups is 2. The summed E-state index contributed by atoms with van der Waals surface area (Å²) < 4.78 is 0.591. The van der Waals surface area contributed by atoms with Crippen LogP contribution in [0.1, 0.15) is 21.6 Å². The van der Waals surface area contributed by atoms with Crippen LogP contribution in [0.4, 0.5) is 10.8 Å². The Bertz CT molecular complexity index is 1230. The van der Waals surface area contributed by atoms with Crippen LogP contribution in [0.5, 0.6) is 0 Å². The van der Waals surface area contributed by atoms with Gasteiger partial charge in [-0.2, -0.15) is 5.10 Å². The number of hydrogen-bond donors (Lipinski definition) is 3. The van der Waals surface area contributed by atoms with Gasteiger partial charge in [0.05, 0.1) is 11.3 Å². The average molecular weight is 439 g/mol.